The Morgan fingerprint density at radius 3 is 2.47 bits per heavy atom. The van der Waals surface area contributed by atoms with E-state index in [0.717, 1.165) is 24.0 Å². The molecule has 1 aromatic rings. The van der Waals surface area contributed by atoms with Crippen LogP contribution in [0.1, 0.15) is 30.9 Å². The van der Waals surface area contributed by atoms with Gasteiger partial charge in [0.25, 0.3) is 0 Å². The minimum Gasteiger partial charge on any atom is -0.212 e. The summed E-state index contributed by atoms with van der Waals surface area (Å²) in [4.78, 5) is 0. The zero-order valence-electron chi connectivity index (χ0n) is 11.2. The summed E-state index contributed by atoms with van der Waals surface area (Å²) < 4.78 is 26.3. The van der Waals surface area contributed by atoms with Crippen LogP contribution in [0.4, 0.5) is 0 Å². The second-order valence-corrected chi connectivity index (χ2v) is 7.55. The molecular weight excluding hydrogens is 282 g/mol. The van der Waals surface area contributed by atoms with E-state index in [0.29, 0.717) is 24.9 Å². The van der Waals surface area contributed by atoms with Crippen LogP contribution in [0.15, 0.2) is 24.3 Å². The number of hydrogen-bond donors (Lipinski definition) is 0. The molecule has 1 aliphatic heterocycles. The Bertz CT molecular complexity index is 513. The molecule has 1 atom stereocenters. The van der Waals surface area contributed by atoms with Gasteiger partial charge in [-0.05, 0) is 29.9 Å². The molecule has 0 saturated carbocycles. The maximum Gasteiger partial charge on any atom is 0.218 e. The number of halogens is 1. The van der Waals surface area contributed by atoms with E-state index in [2.05, 4.69) is 6.92 Å². The normalized spacial score (nSPS) is 21.5. The summed E-state index contributed by atoms with van der Waals surface area (Å²) in [6.45, 7) is 3.42. The summed E-state index contributed by atoms with van der Waals surface area (Å²) in [6, 6.07) is 7.47. The molecule has 3 nitrogen and oxygen atoms in total. The second kappa shape index (κ2) is 6.25. The zero-order chi connectivity index (χ0) is 13.9. The first-order valence-electron chi connectivity index (χ1n) is 6.63. The van der Waals surface area contributed by atoms with Crippen molar-refractivity contribution in [1.29, 1.82) is 0 Å². The molecule has 2 rings (SSSR count). The minimum atomic E-state index is -3.19. The number of benzene rings is 1. The summed E-state index contributed by atoms with van der Waals surface area (Å²) in [5.74, 6) is 1.00. The summed E-state index contributed by atoms with van der Waals surface area (Å²) >= 11 is 5.72. The van der Waals surface area contributed by atoms with Crippen LogP contribution in [-0.4, -0.2) is 25.8 Å². The van der Waals surface area contributed by atoms with Gasteiger partial charge in [-0.2, -0.15) is 0 Å². The quantitative estimate of drug-likeness (QED) is 0.802. The van der Waals surface area contributed by atoms with Gasteiger partial charge in [0.2, 0.25) is 10.0 Å². The van der Waals surface area contributed by atoms with Crippen molar-refractivity contribution in [3.05, 3.63) is 35.4 Å². The predicted octanol–water partition coefficient (Wildman–Crippen LogP) is 2.99. The lowest BCUT2D eigenvalue weighted by Crippen LogP contribution is -2.39. The van der Waals surface area contributed by atoms with E-state index in [9.17, 15) is 8.42 Å². The third-order valence-corrected chi connectivity index (χ3v) is 5.66. The first-order chi connectivity index (χ1) is 9.01. The molecule has 0 N–H and O–H groups in total. The summed E-state index contributed by atoms with van der Waals surface area (Å²) in [6.07, 6.45) is 2.09. The highest BCUT2D eigenvalue weighted by Crippen LogP contribution is 2.21. The van der Waals surface area contributed by atoms with Crippen molar-refractivity contribution in [2.24, 2.45) is 5.92 Å². The van der Waals surface area contributed by atoms with E-state index in [4.69, 9.17) is 11.6 Å². The van der Waals surface area contributed by atoms with Gasteiger partial charge < -0.3 is 0 Å². The van der Waals surface area contributed by atoms with Crippen LogP contribution in [0, 0.1) is 5.92 Å². The van der Waals surface area contributed by atoms with Gasteiger partial charge in [-0.25, -0.2) is 12.7 Å². The summed E-state index contributed by atoms with van der Waals surface area (Å²) in [7, 11) is -3.19. The van der Waals surface area contributed by atoms with Crippen molar-refractivity contribution in [2.45, 2.75) is 31.4 Å². The van der Waals surface area contributed by atoms with E-state index in [1.165, 1.54) is 0 Å². The first-order valence-corrected chi connectivity index (χ1v) is 8.77. The Labute approximate surface area is 120 Å². The van der Waals surface area contributed by atoms with Crippen molar-refractivity contribution in [3.63, 3.8) is 0 Å². The average molecular weight is 302 g/mol. The lowest BCUT2D eigenvalue weighted by Gasteiger charge is -2.30. The number of rotatable bonds is 4. The van der Waals surface area contributed by atoms with Crippen LogP contribution in [-0.2, 0) is 21.7 Å². The van der Waals surface area contributed by atoms with Gasteiger partial charge in [0.1, 0.15) is 0 Å². The highest BCUT2D eigenvalue weighted by atomic mass is 35.5. The van der Waals surface area contributed by atoms with Crippen LogP contribution < -0.4 is 0 Å². The van der Waals surface area contributed by atoms with Crippen molar-refractivity contribution in [1.82, 2.24) is 4.31 Å². The van der Waals surface area contributed by atoms with Crippen molar-refractivity contribution < 1.29 is 8.42 Å². The standard InChI is InChI=1S/C14H20ClNO2S/c1-12-3-2-8-16(10-12)19(17,18)11-14-6-4-13(9-15)5-7-14/h4-7,12H,2-3,8-11H2,1H3. The van der Waals surface area contributed by atoms with Gasteiger partial charge in [0.15, 0.2) is 0 Å². The molecule has 1 aromatic carbocycles. The highest BCUT2D eigenvalue weighted by molar-refractivity contribution is 7.88. The second-order valence-electron chi connectivity index (χ2n) is 5.31. The Kier molecular flexibility index (Phi) is 4.87. The van der Waals surface area contributed by atoms with E-state index in [1.54, 1.807) is 4.31 Å². The van der Waals surface area contributed by atoms with Crippen LogP contribution in [0.3, 0.4) is 0 Å². The topological polar surface area (TPSA) is 37.4 Å². The van der Waals surface area contributed by atoms with Crippen LogP contribution in [0.2, 0.25) is 0 Å². The van der Waals surface area contributed by atoms with E-state index in [-0.39, 0.29) is 5.75 Å². The van der Waals surface area contributed by atoms with Crippen molar-refractivity contribution >= 4 is 21.6 Å². The van der Waals surface area contributed by atoms with Crippen molar-refractivity contribution in [3.8, 4) is 0 Å². The van der Waals surface area contributed by atoms with Crippen molar-refractivity contribution in [2.75, 3.05) is 13.1 Å². The highest BCUT2D eigenvalue weighted by Gasteiger charge is 2.26. The van der Waals surface area contributed by atoms with Gasteiger partial charge in [-0.3, -0.25) is 0 Å². The van der Waals surface area contributed by atoms with Gasteiger partial charge in [-0.1, -0.05) is 31.2 Å². The third-order valence-electron chi connectivity index (χ3n) is 3.54. The molecule has 0 aliphatic carbocycles. The largest absolute Gasteiger partial charge is 0.218 e. The molecule has 1 saturated heterocycles. The smallest absolute Gasteiger partial charge is 0.212 e. The maximum atomic E-state index is 12.4. The molecule has 19 heavy (non-hydrogen) atoms. The van der Waals surface area contributed by atoms with E-state index < -0.39 is 10.0 Å². The fourth-order valence-electron chi connectivity index (χ4n) is 2.43. The molecule has 106 valence electrons. The number of piperidine rings is 1. The third kappa shape index (κ3) is 3.94. The number of alkyl halides is 1. The fraction of sp³-hybridized carbons (Fsp3) is 0.571. The minimum absolute atomic E-state index is 0.0856. The zero-order valence-corrected chi connectivity index (χ0v) is 12.8. The van der Waals surface area contributed by atoms with Gasteiger partial charge in [0.05, 0.1) is 5.75 Å². The molecule has 0 bridgehead atoms. The Morgan fingerprint density at radius 1 is 1.26 bits per heavy atom. The summed E-state index contributed by atoms with van der Waals surface area (Å²) in [5, 5.41) is 0. The molecule has 0 radical (unpaired) electrons. The summed E-state index contributed by atoms with van der Waals surface area (Å²) in [5.41, 5.74) is 1.83. The predicted molar refractivity (Wildman–Crippen MR) is 78.6 cm³/mol. The molecule has 0 amide bonds. The lowest BCUT2D eigenvalue weighted by atomic mass is 10.0. The monoisotopic (exact) mass is 301 g/mol. The Hall–Kier alpha value is -0.580. The molecule has 1 heterocycles. The molecule has 1 fully saturated rings. The average Bonchev–Trinajstić information content (AvgIpc) is 2.39. The first kappa shape index (κ1) is 14.8. The van der Waals surface area contributed by atoms with Gasteiger partial charge in [-0.15, -0.1) is 11.6 Å². The molecule has 0 aromatic heterocycles. The van der Waals surface area contributed by atoms with Crippen LogP contribution in [0.25, 0.3) is 0 Å². The molecule has 1 unspecified atom stereocenters. The Balaban J connectivity index is 2.07. The number of hydrogen-bond acceptors (Lipinski definition) is 2. The molecule has 0 spiro atoms. The molecule has 5 heteroatoms. The SMILES string of the molecule is CC1CCCN(S(=O)(=O)Cc2ccc(CCl)cc2)C1. The molecular formula is C14H20ClNO2S. The number of sulfonamides is 1. The lowest BCUT2D eigenvalue weighted by molar-refractivity contribution is 0.281. The molecule has 1 aliphatic rings. The fourth-order valence-corrected chi connectivity index (χ4v) is 4.29. The Morgan fingerprint density at radius 2 is 1.89 bits per heavy atom. The maximum absolute atomic E-state index is 12.4. The van der Waals surface area contributed by atoms with Crippen LogP contribution in [0.5, 0.6) is 0 Å². The van der Waals surface area contributed by atoms with Gasteiger partial charge in [0, 0.05) is 19.0 Å². The number of nitrogens with zero attached hydrogens (tertiary/aromatic N) is 1. The van der Waals surface area contributed by atoms with Gasteiger partial charge >= 0.3 is 0 Å². The van der Waals surface area contributed by atoms with E-state index in [1.807, 2.05) is 24.3 Å². The van der Waals surface area contributed by atoms with E-state index >= 15 is 0 Å². The van der Waals surface area contributed by atoms with Crippen LogP contribution >= 0.6 is 11.6 Å².